The van der Waals surface area contributed by atoms with E-state index in [4.69, 9.17) is 9.47 Å². The minimum atomic E-state index is -0.390. The standard InChI is InChI=1S/C24H28N2O4/c1-24(2,3)22(16-7-5-4-6-8-16)25-23(28)17-13-21(27)26(15-17)18-9-10-19-20(14-18)30-12-11-29-19/h4-10,14,17,22H,11-13,15H2,1-3H3,(H,25,28)/t17-,22-/m1/s1. The van der Waals surface area contributed by atoms with Crippen LogP contribution in [0.5, 0.6) is 11.5 Å². The molecule has 2 atom stereocenters. The second kappa shape index (κ2) is 8.01. The third-order valence-electron chi connectivity index (χ3n) is 5.62. The average molecular weight is 408 g/mol. The first kappa shape index (κ1) is 20.3. The molecule has 2 aliphatic heterocycles. The number of hydrogen-bond acceptors (Lipinski definition) is 4. The lowest BCUT2D eigenvalue weighted by molar-refractivity contribution is -0.127. The van der Waals surface area contributed by atoms with Gasteiger partial charge in [-0.2, -0.15) is 0 Å². The molecule has 0 saturated carbocycles. The van der Waals surface area contributed by atoms with E-state index in [0.717, 1.165) is 11.3 Å². The maximum Gasteiger partial charge on any atom is 0.227 e. The highest BCUT2D eigenvalue weighted by Crippen LogP contribution is 2.37. The summed E-state index contributed by atoms with van der Waals surface area (Å²) in [5, 5.41) is 3.20. The molecule has 2 aromatic rings. The smallest absolute Gasteiger partial charge is 0.227 e. The van der Waals surface area contributed by atoms with Crippen LogP contribution in [0.3, 0.4) is 0 Å². The van der Waals surface area contributed by atoms with Crippen LogP contribution in [-0.2, 0) is 9.59 Å². The molecule has 0 radical (unpaired) electrons. The lowest BCUT2D eigenvalue weighted by atomic mass is 9.82. The van der Waals surface area contributed by atoms with Crippen molar-refractivity contribution in [1.82, 2.24) is 5.32 Å². The molecule has 6 heteroatoms. The summed E-state index contributed by atoms with van der Waals surface area (Å²) < 4.78 is 11.2. The van der Waals surface area contributed by atoms with Crippen LogP contribution in [0.1, 0.15) is 38.8 Å². The van der Waals surface area contributed by atoms with Gasteiger partial charge in [-0.15, -0.1) is 0 Å². The van der Waals surface area contributed by atoms with Gasteiger partial charge in [-0.05, 0) is 23.1 Å². The van der Waals surface area contributed by atoms with E-state index in [9.17, 15) is 9.59 Å². The number of ether oxygens (including phenoxy) is 2. The van der Waals surface area contributed by atoms with Crippen LogP contribution in [0, 0.1) is 11.3 Å². The molecule has 2 aliphatic rings. The summed E-state index contributed by atoms with van der Waals surface area (Å²) in [6, 6.07) is 15.3. The van der Waals surface area contributed by atoms with Gasteiger partial charge in [0.25, 0.3) is 0 Å². The number of amides is 2. The molecule has 1 N–H and O–H groups in total. The Bertz CT molecular complexity index is 936. The molecule has 158 valence electrons. The molecule has 6 nitrogen and oxygen atoms in total. The van der Waals surface area contributed by atoms with Gasteiger partial charge in [0.15, 0.2) is 11.5 Å². The second-order valence-corrected chi connectivity index (χ2v) is 8.95. The number of rotatable bonds is 4. The summed E-state index contributed by atoms with van der Waals surface area (Å²) in [4.78, 5) is 27.4. The zero-order valence-corrected chi connectivity index (χ0v) is 17.7. The molecule has 0 bridgehead atoms. The molecule has 0 aliphatic carbocycles. The van der Waals surface area contributed by atoms with E-state index in [1.807, 2.05) is 48.5 Å². The lowest BCUT2D eigenvalue weighted by Gasteiger charge is -2.32. The Morgan fingerprint density at radius 3 is 2.47 bits per heavy atom. The summed E-state index contributed by atoms with van der Waals surface area (Å²) in [5.74, 6) is 0.781. The maximum absolute atomic E-state index is 13.1. The van der Waals surface area contributed by atoms with E-state index >= 15 is 0 Å². The van der Waals surface area contributed by atoms with Gasteiger partial charge in [-0.1, -0.05) is 51.1 Å². The first-order valence-corrected chi connectivity index (χ1v) is 10.4. The summed E-state index contributed by atoms with van der Waals surface area (Å²) in [6.07, 6.45) is 0.200. The summed E-state index contributed by atoms with van der Waals surface area (Å²) >= 11 is 0. The van der Waals surface area contributed by atoms with Crippen molar-refractivity contribution in [2.45, 2.75) is 33.2 Å². The van der Waals surface area contributed by atoms with E-state index in [2.05, 4.69) is 26.1 Å². The van der Waals surface area contributed by atoms with E-state index in [0.29, 0.717) is 31.3 Å². The normalized spacial score (nSPS) is 19.5. The monoisotopic (exact) mass is 408 g/mol. The first-order valence-electron chi connectivity index (χ1n) is 10.4. The van der Waals surface area contributed by atoms with Crippen molar-refractivity contribution in [3.8, 4) is 11.5 Å². The van der Waals surface area contributed by atoms with Gasteiger partial charge < -0.3 is 19.7 Å². The second-order valence-electron chi connectivity index (χ2n) is 8.95. The first-order chi connectivity index (χ1) is 14.3. The molecule has 4 rings (SSSR count). The highest BCUT2D eigenvalue weighted by atomic mass is 16.6. The van der Waals surface area contributed by atoms with Gasteiger partial charge in [0.1, 0.15) is 13.2 Å². The zero-order chi connectivity index (χ0) is 21.3. The molecule has 30 heavy (non-hydrogen) atoms. The zero-order valence-electron chi connectivity index (χ0n) is 17.7. The van der Waals surface area contributed by atoms with Crippen LogP contribution in [0.2, 0.25) is 0 Å². The maximum atomic E-state index is 13.1. The largest absolute Gasteiger partial charge is 0.486 e. The number of nitrogens with zero attached hydrogens (tertiary/aromatic N) is 1. The summed E-state index contributed by atoms with van der Waals surface area (Å²) in [6.45, 7) is 7.68. The lowest BCUT2D eigenvalue weighted by Crippen LogP contribution is -2.40. The van der Waals surface area contributed by atoms with Crippen LogP contribution in [0.4, 0.5) is 5.69 Å². The van der Waals surface area contributed by atoms with Crippen LogP contribution in [0.25, 0.3) is 0 Å². The van der Waals surface area contributed by atoms with E-state index in [1.54, 1.807) is 4.90 Å². The minimum Gasteiger partial charge on any atom is -0.486 e. The van der Waals surface area contributed by atoms with Gasteiger partial charge in [0.05, 0.1) is 12.0 Å². The van der Waals surface area contributed by atoms with E-state index in [1.165, 1.54) is 0 Å². The number of nitrogens with one attached hydrogen (secondary N) is 1. The highest BCUT2D eigenvalue weighted by Gasteiger charge is 2.38. The van der Waals surface area contributed by atoms with Gasteiger partial charge >= 0.3 is 0 Å². The number of carbonyl (C=O) groups is 2. The predicted molar refractivity (Wildman–Crippen MR) is 115 cm³/mol. The third kappa shape index (κ3) is 4.13. The SMILES string of the molecule is CC(C)(C)[C@H](NC(=O)[C@@H]1CC(=O)N(c2ccc3c(c2)OCCO3)C1)c1ccccc1. The molecule has 2 heterocycles. The molecule has 2 amide bonds. The van der Waals surface area contributed by atoms with Crippen LogP contribution >= 0.6 is 0 Å². The van der Waals surface area contributed by atoms with E-state index < -0.39 is 0 Å². The van der Waals surface area contributed by atoms with E-state index in [-0.39, 0.29) is 35.6 Å². The van der Waals surface area contributed by atoms with Crippen LogP contribution in [-0.4, -0.2) is 31.6 Å². The Balaban J connectivity index is 1.49. The van der Waals surface area contributed by atoms with Crippen molar-refractivity contribution in [2.24, 2.45) is 11.3 Å². The molecule has 0 unspecified atom stereocenters. The number of fused-ring (bicyclic) bond motifs is 1. The highest BCUT2D eigenvalue weighted by molar-refractivity contribution is 6.00. The molecule has 0 aromatic heterocycles. The fraction of sp³-hybridized carbons (Fsp3) is 0.417. The van der Waals surface area contributed by atoms with Crippen molar-refractivity contribution < 1.29 is 19.1 Å². The third-order valence-corrected chi connectivity index (χ3v) is 5.62. The molecule has 2 aromatic carbocycles. The Hall–Kier alpha value is -3.02. The number of carbonyl (C=O) groups excluding carboxylic acids is 2. The predicted octanol–water partition coefficient (Wildman–Crippen LogP) is 3.71. The van der Waals surface area contributed by atoms with Crippen LogP contribution < -0.4 is 19.7 Å². The minimum absolute atomic E-state index is 0.0566. The fourth-order valence-electron chi connectivity index (χ4n) is 4.04. The van der Waals surface area contributed by atoms with Gasteiger partial charge in [0, 0.05) is 24.7 Å². The number of hydrogen-bond donors (Lipinski definition) is 1. The molecule has 1 saturated heterocycles. The van der Waals surface area contributed by atoms with Gasteiger partial charge in [-0.25, -0.2) is 0 Å². The number of benzene rings is 2. The van der Waals surface area contributed by atoms with Crippen molar-refractivity contribution in [3.63, 3.8) is 0 Å². The van der Waals surface area contributed by atoms with Crippen molar-refractivity contribution >= 4 is 17.5 Å². The fourth-order valence-corrected chi connectivity index (χ4v) is 4.04. The molecule has 0 spiro atoms. The quantitative estimate of drug-likeness (QED) is 0.837. The Labute approximate surface area is 177 Å². The Morgan fingerprint density at radius 2 is 1.77 bits per heavy atom. The van der Waals surface area contributed by atoms with Crippen molar-refractivity contribution in [3.05, 3.63) is 54.1 Å². The Kier molecular flexibility index (Phi) is 5.41. The van der Waals surface area contributed by atoms with Gasteiger partial charge in [0.2, 0.25) is 11.8 Å². The topological polar surface area (TPSA) is 67.9 Å². The summed E-state index contributed by atoms with van der Waals surface area (Å²) in [7, 11) is 0. The van der Waals surface area contributed by atoms with Gasteiger partial charge in [-0.3, -0.25) is 9.59 Å². The van der Waals surface area contributed by atoms with Crippen molar-refractivity contribution in [2.75, 3.05) is 24.7 Å². The molecular formula is C24H28N2O4. The molecule has 1 fully saturated rings. The average Bonchev–Trinajstić information content (AvgIpc) is 3.13. The summed E-state index contributed by atoms with van der Waals surface area (Å²) in [5.41, 5.74) is 1.64. The van der Waals surface area contributed by atoms with Crippen molar-refractivity contribution in [1.29, 1.82) is 0 Å². The molecular weight excluding hydrogens is 380 g/mol. The van der Waals surface area contributed by atoms with Crippen LogP contribution in [0.15, 0.2) is 48.5 Å². The Morgan fingerprint density at radius 1 is 1.07 bits per heavy atom. The number of anilines is 1.